The summed E-state index contributed by atoms with van der Waals surface area (Å²) in [7, 11) is 1.50. The van der Waals surface area contributed by atoms with Crippen molar-refractivity contribution in [2.45, 2.75) is 6.04 Å². The molecule has 3 heterocycles. The topological polar surface area (TPSA) is 92.9 Å². The molecular weight excluding hydrogens is 535 g/mol. The number of para-hydroxylation sites is 1. The van der Waals surface area contributed by atoms with Gasteiger partial charge in [0.2, 0.25) is 5.78 Å². The van der Waals surface area contributed by atoms with Gasteiger partial charge in [0.05, 0.1) is 28.9 Å². The number of fused-ring (bicyclic) bond motifs is 2. The highest BCUT2D eigenvalue weighted by Gasteiger charge is 2.46. The first-order chi connectivity index (χ1) is 17.9. The van der Waals surface area contributed by atoms with Crippen molar-refractivity contribution in [2.24, 2.45) is 0 Å². The maximum atomic E-state index is 13.8. The molecule has 2 aromatic heterocycles. The number of methoxy groups -OCH3 is 1. The largest absolute Gasteiger partial charge is 0.503 e. The number of ketones is 1. The van der Waals surface area contributed by atoms with E-state index in [0.29, 0.717) is 43.0 Å². The molecule has 10 heteroatoms. The molecule has 184 valence electrons. The maximum absolute atomic E-state index is 13.8. The Hall–Kier alpha value is -3.85. The predicted octanol–water partition coefficient (Wildman–Crippen LogP) is 7.14. The van der Waals surface area contributed by atoms with Crippen molar-refractivity contribution < 1.29 is 23.8 Å². The lowest BCUT2D eigenvalue weighted by molar-refractivity contribution is -0.117. The van der Waals surface area contributed by atoms with Crippen molar-refractivity contribution in [1.82, 2.24) is 4.98 Å². The van der Waals surface area contributed by atoms with Crippen molar-refractivity contribution in [3.8, 4) is 5.75 Å². The number of halogens is 2. The molecule has 37 heavy (non-hydrogen) atoms. The van der Waals surface area contributed by atoms with E-state index in [1.807, 2.05) is 0 Å². The molecule has 1 unspecified atom stereocenters. The highest BCUT2D eigenvalue weighted by molar-refractivity contribution is 7.22. The van der Waals surface area contributed by atoms with Crippen LogP contribution in [0.1, 0.15) is 22.2 Å². The smallest absolute Gasteiger partial charge is 0.296 e. The lowest BCUT2D eigenvalue weighted by atomic mass is 9.95. The van der Waals surface area contributed by atoms with E-state index in [9.17, 15) is 14.7 Å². The first-order valence-corrected chi connectivity index (χ1v) is 12.6. The Kier molecular flexibility index (Phi) is 5.67. The third-order valence-corrected chi connectivity index (χ3v) is 7.60. The molecule has 1 N–H and O–H groups in total. The fraction of sp³-hybridized carbons (Fsp3) is 0.0741. The van der Waals surface area contributed by atoms with E-state index in [1.54, 1.807) is 66.7 Å². The van der Waals surface area contributed by atoms with Crippen LogP contribution in [0, 0.1) is 0 Å². The molecular formula is C27H16Cl2N2O5S. The number of ether oxygens (including phenoxy) is 1. The minimum Gasteiger partial charge on any atom is -0.503 e. The van der Waals surface area contributed by atoms with Gasteiger partial charge in [-0.3, -0.25) is 14.5 Å². The number of aliphatic hydroxyl groups excluding tert-OH is 1. The van der Waals surface area contributed by atoms with Crippen LogP contribution in [0.5, 0.6) is 5.75 Å². The number of rotatable bonds is 5. The van der Waals surface area contributed by atoms with Gasteiger partial charge in [0.15, 0.2) is 28.0 Å². The first kappa shape index (κ1) is 23.5. The Balaban J connectivity index is 1.52. The van der Waals surface area contributed by atoms with Crippen molar-refractivity contribution in [2.75, 3.05) is 12.0 Å². The SMILES string of the molecule is COc1cccc2cc(C(=O)C3=C(O)C(=O)N(c4nc5ccc(Cl)cc5s4)C3c3cccc(Cl)c3)oc12. The van der Waals surface area contributed by atoms with Crippen LogP contribution in [-0.4, -0.2) is 28.9 Å². The van der Waals surface area contributed by atoms with Crippen LogP contribution in [0.2, 0.25) is 10.0 Å². The highest BCUT2D eigenvalue weighted by atomic mass is 35.5. The van der Waals surface area contributed by atoms with E-state index >= 15 is 0 Å². The van der Waals surface area contributed by atoms with Gasteiger partial charge in [0, 0.05) is 15.4 Å². The van der Waals surface area contributed by atoms with Gasteiger partial charge in [-0.2, -0.15) is 0 Å². The number of furan rings is 1. The van der Waals surface area contributed by atoms with Gasteiger partial charge in [0.1, 0.15) is 0 Å². The van der Waals surface area contributed by atoms with E-state index in [1.165, 1.54) is 23.3 Å². The fourth-order valence-electron chi connectivity index (χ4n) is 4.46. The van der Waals surface area contributed by atoms with Crippen LogP contribution in [0.25, 0.3) is 21.2 Å². The predicted molar refractivity (Wildman–Crippen MR) is 143 cm³/mol. The quantitative estimate of drug-likeness (QED) is 0.234. The molecule has 0 bridgehead atoms. The molecule has 7 nitrogen and oxygen atoms in total. The summed E-state index contributed by atoms with van der Waals surface area (Å²) in [4.78, 5) is 33.2. The van der Waals surface area contributed by atoms with Crippen molar-refractivity contribution in [3.05, 3.63) is 99.4 Å². The molecule has 6 rings (SSSR count). The van der Waals surface area contributed by atoms with E-state index < -0.39 is 23.5 Å². The standard InChI is InChI=1S/C27H16Cl2N2O5S/c1-35-18-7-3-5-14-11-19(36-25(14)18)23(32)21-22(13-4-2-6-15(28)10-13)31(26(34)24(21)33)27-30-17-9-8-16(29)12-20(17)37-27/h2-12,22,33H,1H3. The van der Waals surface area contributed by atoms with Crippen LogP contribution in [-0.2, 0) is 4.79 Å². The second-order valence-corrected chi connectivity index (χ2v) is 10.2. The van der Waals surface area contributed by atoms with E-state index in [0.717, 1.165) is 4.70 Å². The normalized spacial score (nSPS) is 15.8. The maximum Gasteiger partial charge on any atom is 0.296 e. The number of Topliss-reactive ketones (excluding diaryl/α,β-unsaturated/α-hetero) is 1. The summed E-state index contributed by atoms with van der Waals surface area (Å²) in [5, 5.41) is 12.9. The Morgan fingerprint density at radius 3 is 2.65 bits per heavy atom. The molecule has 1 aliphatic heterocycles. The monoisotopic (exact) mass is 550 g/mol. The van der Waals surface area contributed by atoms with Crippen LogP contribution < -0.4 is 9.64 Å². The number of hydrogen-bond donors (Lipinski definition) is 1. The molecule has 3 aromatic carbocycles. The zero-order valence-corrected chi connectivity index (χ0v) is 21.4. The summed E-state index contributed by atoms with van der Waals surface area (Å²) < 4.78 is 11.9. The van der Waals surface area contributed by atoms with E-state index in [-0.39, 0.29) is 11.3 Å². The second-order valence-electron chi connectivity index (χ2n) is 8.32. The molecule has 1 aliphatic rings. The summed E-state index contributed by atoms with van der Waals surface area (Å²) in [6.45, 7) is 0. The Labute approximate surface area is 224 Å². The molecule has 0 fully saturated rings. The Morgan fingerprint density at radius 2 is 1.86 bits per heavy atom. The van der Waals surface area contributed by atoms with Crippen LogP contribution in [0.4, 0.5) is 5.13 Å². The lowest BCUT2D eigenvalue weighted by Crippen LogP contribution is -2.30. The second kappa shape index (κ2) is 8.92. The Bertz CT molecular complexity index is 1770. The minimum absolute atomic E-state index is 0.0428. The molecule has 1 amide bonds. The minimum atomic E-state index is -0.996. The molecule has 5 aromatic rings. The number of carbonyl (C=O) groups excluding carboxylic acids is 2. The van der Waals surface area contributed by atoms with Gasteiger partial charge in [-0.15, -0.1) is 0 Å². The van der Waals surface area contributed by atoms with Gasteiger partial charge in [-0.05, 0) is 48.0 Å². The van der Waals surface area contributed by atoms with Crippen molar-refractivity contribution >= 4 is 72.5 Å². The van der Waals surface area contributed by atoms with Gasteiger partial charge < -0.3 is 14.3 Å². The molecule has 0 saturated carbocycles. The van der Waals surface area contributed by atoms with Crippen molar-refractivity contribution in [3.63, 3.8) is 0 Å². The lowest BCUT2D eigenvalue weighted by Gasteiger charge is -2.24. The summed E-state index contributed by atoms with van der Waals surface area (Å²) in [6, 6.07) is 17.8. The first-order valence-electron chi connectivity index (χ1n) is 11.0. The summed E-state index contributed by atoms with van der Waals surface area (Å²) >= 11 is 13.6. The third kappa shape index (κ3) is 3.85. The molecule has 0 spiro atoms. The van der Waals surface area contributed by atoms with Gasteiger partial charge in [-0.1, -0.05) is 58.8 Å². The fourth-order valence-corrected chi connectivity index (χ4v) is 5.92. The van der Waals surface area contributed by atoms with E-state index in [2.05, 4.69) is 4.98 Å². The number of nitrogens with zero attached hydrogens (tertiary/aromatic N) is 2. The van der Waals surface area contributed by atoms with Gasteiger partial charge in [-0.25, -0.2) is 4.98 Å². The summed E-state index contributed by atoms with van der Waals surface area (Å²) in [5.74, 6) is -1.66. The molecule has 0 aliphatic carbocycles. The Morgan fingerprint density at radius 1 is 1.08 bits per heavy atom. The number of aliphatic hydroxyl groups is 1. The number of anilines is 1. The number of benzene rings is 3. The number of hydrogen-bond acceptors (Lipinski definition) is 7. The average Bonchev–Trinajstić information content (AvgIpc) is 3.57. The van der Waals surface area contributed by atoms with Crippen molar-refractivity contribution in [1.29, 1.82) is 0 Å². The van der Waals surface area contributed by atoms with E-state index in [4.69, 9.17) is 32.4 Å². The molecule has 0 radical (unpaired) electrons. The zero-order chi connectivity index (χ0) is 25.8. The molecule has 0 saturated heterocycles. The van der Waals surface area contributed by atoms with Crippen LogP contribution in [0.15, 0.2) is 82.5 Å². The molecule has 1 atom stereocenters. The number of thiazole rings is 1. The summed E-state index contributed by atoms with van der Waals surface area (Å²) in [6.07, 6.45) is 0. The number of amides is 1. The number of carbonyl (C=O) groups is 2. The highest BCUT2D eigenvalue weighted by Crippen LogP contribution is 2.45. The summed E-state index contributed by atoms with van der Waals surface area (Å²) in [5.41, 5.74) is 1.41. The van der Waals surface area contributed by atoms with Crippen LogP contribution >= 0.6 is 34.5 Å². The number of aromatic nitrogens is 1. The van der Waals surface area contributed by atoms with Gasteiger partial charge in [0.25, 0.3) is 5.91 Å². The zero-order valence-electron chi connectivity index (χ0n) is 19.1. The van der Waals surface area contributed by atoms with Gasteiger partial charge >= 0.3 is 0 Å². The average molecular weight is 551 g/mol. The van der Waals surface area contributed by atoms with Crippen LogP contribution in [0.3, 0.4) is 0 Å². The third-order valence-electron chi connectivity index (χ3n) is 6.11.